The molecule has 33 heavy (non-hydrogen) atoms. The number of hydrogen-bond acceptors (Lipinski definition) is 1. The SMILES string of the molecule is FC(F)(F)c1cc(Br)ccc1C1CCCC1.O=Cc1ccc(C2CCCC2)c(C(F)(F)F)c1. The standard InChI is InChI=1S/C13H13F3O.C12H12BrF3/c14-13(15,16)12-7-9(8-17)5-6-11(12)10-3-1-2-4-10;13-9-5-6-10(8-3-1-2-4-8)11(7-9)12(14,15)16/h5-8,10H,1-4H2;5-8H,1-4H2. The van der Waals surface area contributed by atoms with Crippen molar-refractivity contribution in [2.75, 3.05) is 0 Å². The fourth-order valence-electron chi connectivity index (χ4n) is 4.85. The smallest absolute Gasteiger partial charge is 0.298 e. The zero-order valence-electron chi connectivity index (χ0n) is 17.9. The number of alkyl halides is 6. The molecule has 2 aliphatic rings. The van der Waals surface area contributed by atoms with Crippen molar-refractivity contribution in [1.29, 1.82) is 0 Å². The zero-order chi connectivity index (χ0) is 24.2. The summed E-state index contributed by atoms with van der Waals surface area (Å²) in [5, 5.41) is 0. The summed E-state index contributed by atoms with van der Waals surface area (Å²) in [4.78, 5) is 10.6. The Morgan fingerprint density at radius 2 is 1.12 bits per heavy atom. The van der Waals surface area contributed by atoms with Crippen molar-refractivity contribution >= 4 is 22.2 Å². The fourth-order valence-corrected chi connectivity index (χ4v) is 5.21. The van der Waals surface area contributed by atoms with E-state index in [2.05, 4.69) is 15.9 Å². The van der Waals surface area contributed by atoms with Crippen molar-refractivity contribution in [3.8, 4) is 0 Å². The molecule has 0 bridgehead atoms. The van der Waals surface area contributed by atoms with E-state index < -0.39 is 23.5 Å². The molecular weight excluding hydrogens is 510 g/mol. The van der Waals surface area contributed by atoms with Crippen LogP contribution in [0, 0.1) is 0 Å². The molecule has 2 aromatic rings. The monoisotopic (exact) mass is 534 g/mol. The summed E-state index contributed by atoms with van der Waals surface area (Å²) >= 11 is 3.10. The number of benzene rings is 2. The molecule has 0 radical (unpaired) electrons. The molecule has 0 aromatic heterocycles. The lowest BCUT2D eigenvalue weighted by Crippen LogP contribution is -2.11. The van der Waals surface area contributed by atoms with Crippen molar-refractivity contribution in [3.63, 3.8) is 0 Å². The van der Waals surface area contributed by atoms with Crippen LogP contribution in [-0.2, 0) is 12.4 Å². The van der Waals surface area contributed by atoms with Crippen LogP contribution in [0.3, 0.4) is 0 Å². The van der Waals surface area contributed by atoms with E-state index in [1.807, 2.05) is 0 Å². The van der Waals surface area contributed by atoms with Gasteiger partial charge in [0.05, 0.1) is 11.1 Å². The van der Waals surface area contributed by atoms with Gasteiger partial charge in [0.2, 0.25) is 0 Å². The Hall–Kier alpha value is -1.83. The van der Waals surface area contributed by atoms with Gasteiger partial charge in [-0.2, -0.15) is 26.3 Å². The molecule has 180 valence electrons. The molecule has 0 spiro atoms. The lowest BCUT2D eigenvalue weighted by molar-refractivity contribution is -0.139. The van der Waals surface area contributed by atoms with Gasteiger partial charge >= 0.3 is 12.4 Å². The van der Waals surface area contributed by atoms with Gasteiger partial charge in [0.15, 0.2) is 0 Å². The first-order chi connectivity index (χ1) is 15.5. The molecule has 0 heterocycles. The highest BCUT2D eigenvalue weighted by Gasteiger charge is 2.37. The molecule has 1 nitrogen and oxygen atoms in total. The van der Waals surface area contributed by atoms with E-state index >= 15 is 0 Å². The molecule has 0 unspecified atom stereocenters. The van der Waals surface area contributed by atoms with Gasteiger partial charge in [-0.25, -0.2) is 0 Å². The Morgan fingerprint density at radius 1 is 0.697 bits per heavy atom. The van der Waals surface area contributed by atoms with Gasteiger partial charge in [-0.05, 0) is 66.8 Å². The van der Waals surface area contributed by atoms with E-state index in [1.54, 1.807) is 12.1 Å². The van der Waals surface area contributed by atoms with E-state index in [0.717, 1.165) is 57.4 Å². The molecule has 0 aliphatic heterocycles. The molecular formula is C25H25BrF6O. The first-order valence-electron chi connectivity index (χ1n) is 11.0. The third kappa shape index (κ3) is 6.61. The minimum absolute atomic E-state index is 0.00710. The summed E-state index contributed by atoms with van der Waals surface area (Å²) < 4.78 is 77.8. The molecule has 0 saturated heterocycles. The number of carbonyl (C=O) groups is 1. The fraction of sp³-hybridized carbons (Fsp3) is 0.480. The van der Waals surface area contributed by atoms with Crippen LogP contribution >= 0.6 is 15.9 Å². The molecule has 2 aliphatic carbocycles. The highest BCUT2D eigenvalue weighted by atomic mass is 79.9. The topological polar surface area (TPSA) is 17.1 Å². The summed E-state index contributed by atoms with van der Waals surface area (Å²) in [5.74, 6) is 0.0806. The Balaban J connectivity index is 0.000000186. The largest absolute Gasteiger partial charge is 0.416 e. The van der Waals surface area contributed by atoms with Crippen LogP contribution in [-0.4, -0.2) is 6.29 Å². The number of carbonyl (C=O) groups excluding carboxylic acids is 1. The van der Waals surface area contributed by atoms with E-state index in [1.165, 1.54) is 18.2 Å². The van der Waals surface area contributed by atoms with Gasteiger partial charge < -0.3 is 0 Å². The Morgan fingerprint density at radius 3 is 1.55 bits per heavy atom. The molecule has 4 rings (SSSR count). The van der Waals surface area contributed by atoms with Gasteiger partial charge in [-0.3, -0.25) is 4.79 Å². The van der Waals surface area contributed by atoms with E-state index in [4.69, 9.17) is 0 Å². The normalized spacial score (nSPS) is 17.7. The highest BCUT2D eigenvalue weighted by molar-refractivity contribution is 9.10. The predicted octanol–water partition coefficient (Wildman–Crippen LogP) is 9.30. The molecule has 0 N–H and O–H groups in total. The lowest BCUT2D eigenvalue weighted by Gasteiger charge is -2.17. The van der Waals surface area contributed by atoms with Crippen molar-refractivity contribution in [3.05, 3.63) is 68.7 Å². The third-order valence-electron chi connectivity index (χ3n) is 6.43. The summed E-state index contributed by atoms with van der Waals surface area (Å²) in [6, 6.07) is 8.39. The summed E-state index contributed by atoms with van der Waals surface area (Å²) in [6.07, 6.45) is -0.750. The van der Waals surface area contributed by atoms with Crippen LogP contribution in [0.1, 0.15) is 95.8 Å². The molecule has 2 saturated carbocycles. The average Bonchev–Trinajstić information content (AvgIpc) is 3.47. The van der Waals surface area contributed by atoms with Crippen molar-refractivity contribution < 1.29 is 31.1 Å². The van der Waals surface area contributed by atoms with Crippen molar-refractivity contribution in [1.82, 2.24) is 0 Å². The van der Waals surface area contributed by atoms with Crippen molar-refractivity contribution in [2.24, 2.45) is 0 Å². The Labute approximate surface area is 197 Å². The molecule has 8 heteroatoms. The van der Waals surface area contributed by atoms with Gasteiger partial charge in [-0.15, -0.1) is 0 Å². The third-order valence-corrected chi connectivity index (χ3v) is 6.92. The average molecular weight is 535 g/mol. The number of rotatable bonds is 3. The second-order valence-electron chi connectivity index (χ2n) is 8.65. The highest BCUT2D eigenvalue weighted by Crippen LogP contribution is 2.43. The molecule has 2 aromatic carbocycles. The van der Waals surface area contributed by atoms with Crippen LogP contribution < -0.4 is 0 Å². The van der Waals surface area contributed by atoms with E-state index in [9.17, 15) is 31.1 Å². The van der Waals surface area contributed by atoms with Gasteiger partial charge in [0, 0.05) is 10.0 Å². The van der Waals surface area contributed by atoms with Gasteiger partial charge in [0.25, 0.3) is 0 Å². The molecule has 0 amide bonds. The quantitative estimate of drug-likeness (QED) is 0.283. The lowest BCUT2D eigenvalue weighted by atomic mass is 9.91. The van der Waals surface area contributed by atoms with Gasteiger partial charge in [0.1, 0.15) is 6.29 Å². The summed E-state index contributed by atoms with van der Waals surface area (Å²) in [6.45, 7) is 0. The predicted molar refractivity (Wildman–Crippen MR) is 118 cm³/mol. The Kier molecular flexibility index (Phi) is 8.30. The van der Waals surface area contributed by atoms with Crippen LogP contribution in [0.2, 0.25) is 0 Å². The summed E-state index contributed by atoms with van der Waals surface area (Å²) in [5.41, 5.74) is -0.226. The van der Waals surface area contributed by atoms with Crippen LogP contribution in [0.25, 0.3) is 0 Å². The Bertz CT molecular complexity index is 954. The van der Waals surface area contributed by atoms with Crippen LogP contribution in [0.4, 0.5) is 26.3 Å². The second-order valence-corrected chi connectivity index (χ2v) is 9.57. The summed E-state index contributed by atoms with van der Waals surface area (Å²) in [7, 11) is 0. The first kappa shape index (κ1) is 25.8. The van der Waals surface area contributed by atoms with Crippen LogP contribution in [0.5, 0.6) is 0 Å². The van der Waals surface area contributed by atoms with Gasteiger partial charge in [-0.1, -0.05) is 59.8 Å². The van der Waals surface area contributed by atoms with E-state index in [-0.39, 0.29) is 17.4 Å². The minimum Gasteiger partial charge on any atom is -0.298 e. The number of aldehydes is 1. The minimum atomic E-state index is -4.38. The maximum Gasteiger partial charge on any atom is 0.416 e. The molecule has 2 fully saturated rings. The van der Waals surface area contributed by atoms with E-state index in [0.29, 0.717) is 21.9 Å². The number of halogens is 7. The van der Waals surface area contributed by atoms with Crippen LogP contribution in [0.15, 0.2) is 40.9 Å². The zero-order valence-corrected chi connectivity index (χ0v) is 19.5. The second kappa shape index (κ2) is 10.6. The number of hydrogen-bond donors (Lipinski definition) is 0. The first-order valence-corrected chi connectivity index (χ1v) is 11.8. The molecule has 0 atom stereocenters. The maximum absolute atomic E-state index is 12.9. The van der Waals surface area contributed by atoms with Crippen molar-refractivity contribution in [2.45, 2.75) is 75.6 Å². The maximum atomic E-state index is 12.9.